The second-order valence-corrected chi connectivity index (χ2v) is 7.69. The summed E-state index contributed by atoms with van der Waals surface area (Å²) >= 11 is 0. The molecule has 1 saturated carbocycles. The zero-order valence-electron chi connectivity index (χ0n) is 15.1. The lowest BCUT2D eigenvalue weighted by atomic mass is 9.94. The number of morpholine rings is 1. The van der Waals surface area contributed by atoms with E-state index in [0.29, 0.717) is 0 Å². The fourth-order valence-corrected chi connectivity index (χ4v) is 4.30. The number of nitrogens with one attached hydrogen (secondary N) is 3. The van der Waals surface area contributed by atoms with Crippen molar-refractivity contribution in [2.45, 2.75) is 45.1 Å². The molecule has 0 atom stereocenters. The van der Waals surface area contributed by atoms with Crippen molar-refractivity contribution in [3.05, 3.63) is 43.4 Å². The highest BCUT2D eigenvalue weighted by molar-refractivity contribution is 5.60. The van der Waals surface area contributed by atoms with Crippen molar-refractivity contribution >= 4 is 11.6 Å². The van der Waals surface area contributed by atoms with Gasteiger partial charge in [-0.1, -0.05) is 0 Å². The van der Waals surface area contributed by atoms with E-state index in [4.69, 9.17) is 4.74 Å². The molecule has 2 fully saturated rings. The largest absolute Gasteiger partial charge is 0.379 e. The van der Waals surface area contributed by atoms with Gasteiger partial charge in [-0.3, -0.25) is 19.9 Å². The van der Waals surface area contributed by atoms with Gasteiger partial charge in [-0.25, -0.2) is 0 Å². The molecule has 3 heterocycles. The zero-order valence-corrected chi connectivity index (χ0v) is 15.1. The van der Waals surface area contributed by atoms with E-state index in [2.05, 4.69) is 26.2 Å². The molecule has 0 radical (unpaired) electrons. The fourth-order valence-electron chi connectivity index (χ4n) is 4.30. The summed E-state index contributed by atoms with van der Waals surface area (Å²) in [6.45, 7) is 4.52. The van der Waals surface area contributed by atoms with E-state index in [1.165, 1.54) is 35.2 Å². The molecule has 3 N–H and O–H groups in total. The van der Waals surface area contributed by atoms with Gasteiger partial charge in [-0.05, 0) is 61.3 Å². The lowest BCUT2D eigenvalue weighted by Crippen LogP contribution is -2.36. The molecule has 26 heavy (non-hydrogen) atoms. The molecule has 0 unspecified atom stereocenters. The summed E-state index contributed by atoms with van der Waals surface area (Å²) in [5.41, 5.74) is 6.69. The van der Waals surface area contributed by atoms with Gasteiger partial charge < -0.3 is 9.72 Å². The number of ether oxygens (including phenoxy) is 1. The Kier molecular flexibility index (Phi) is 4.10. The molecule has 6 nitrogen and oxygen atoms in total. The minimum Gasteiger partial charge on any atom is -0.379 e. The summed E-state index contributed by atoms with van der Waals surface area (Å²) in [5.74, 6) is 0. The topological polar surface area (TPSA) is 76.9 Å². The average molecular weight is 354 g/mol. The van der Waals surface area contributed by atoms with Crippen LogP contribution in [-0.4, -0.2) is 46.4 Å². The maximum Gasteiger partial charge on any atom is 0.271 e. The van der Waals surface area contributed by atoms with Crippen molar-refractivity contribution in [2.75, 3.05) is 26.3 Å². The van der Waals surface area contributed by atoms with E-state index in [9.17, 15) is 4.79 Å². The van der Waals surface area contributed by atoms with E-state index in [1.54, 1.807) is 0 Å². The van der Waals surface area contributed by atoms with E-state index >= 15 is 0 Å². The third-order valence-electron chi connectivity index (χ3n) is 5.89. The second-order valence-electron chi connectivity index (χ2n) is 7.69. The summed E-state index contributed by atoms with van der Waals surface area (Å²) in [6, 6.07) is 0. The molecule has 6 heteroatoms. The highest BCUT2D eigenvalue weighted by atomic mass is 16.5. The quantitative estimate of drug-likeness (QED) is 0.752. The number of nitrogens with zero attached hydrogens (tertiary/aromatic N) is 1. The van der Waals surface area contributed by atoms with E-state index < -0.39 is 0 Å². The van der Waals surface area contributed by atoms with Gasteiger partial charge in [0, 0.05) is 31.0 Å². The van der Waals surface area contributed by atoms with Gasteiger partial charge in [0.15, 0.2) is 0 Å². The molecule has 1 saturated heterocycles. The average Bonchev–Trinajstić information content (AvgIpc) is 3.37. The van der Waals surface area contributed by atoms with Crippen molar-refractivity contribution < 1.29 is 4.74 Å². The SMILES string of the molecule is O=c1[nH][nH]c(=C2CC2)c1=Cc1[nH]c2c(c1CN1CCOCC1)CCCC2. The number of aromatic amines is 3. The van der Waals surface area contributed by atoms with Gasteiger partial charge in [0.25, 0.3) is 5.56 Å². The van der Waals surface area contributed by atoms with Gasteiger partial charge in [-0.15, -0.1) is 0 Å². The number of fused-ring (bicyclic) bond motifs is 1. The molecule has 3 aliphatic rings. The van der Waals surface area contributed by atoms with Gasteiger partial charge in [0.05, 0.1) is 23.8 Å². The van der Waals surface area contributed by atoms with Crippen LogP contribution in [0.5, 0.6) is 0 Å². The Hall–Kier alpha value is -2.05. The fraction of sp³-hybridized carbons (Fsp3) is 0.550. The van der Waals surface area contributed by atoms with Crippen LogP contribution in [0.25, 0.3) is 11.6 Å². The van der Waals surface area contributed by atoms with Crippen LogP contribution in [0.1, 0.15) is 48.2 Å². The highest BCUT2D eigenvalue weighted by Gasteiger charge is 2.22. The Labute approximate surface area is 151 Å². The highest BCUT2D eigenvalue weighted by Crippen LogP contribution is 2.29. The Bertz CT molecular complexity index is 982. The standard InChI is InChI=1S/C20H26N4O2/c25-20-15(19(22-23-20)13-5-6-13)11-18-16(12-24-7-9-26-10-8-24)14-3-1-2-4-17(14)21-18/h11,21-22H,1-10,12H2,(H,23,25). The van der Waals surface area contributed by atoms with Crippen molar-refractivity contribution in [1.82, 2.24) is 20.1 Å². The maximum absolute atomic E-state index is 12.3. The van der Waals surface area contributed by atoms with Crippen LogP contribution in [0.4, 0.5) is 0 Å². The van der Waals surface area contributed by atoms with Gasteiger partial charge in [0.2, 0.25) is 0 Å². The summed E-state index contributed by atoms with van der Waals surface area (Å²) in [6.07, 6.45) is 9.03. The lowest BCUT2D eigenvalue weighted by Gasteiger charge is -2.27. The van der Waals surface area contributed by atoms with E-state index in [0.717, 1.165) is 74.8 Å². The summed E-state index contributed by atoms with van der Waals surface area (Å²) < 4.78 is 5.50. The third kappa shape index (κ3) is 2.97. The van der Waals surface area contributed by atoms with Crippen molar-refractivity contribution in [2.24, 2.45) is 0 Å². The first kappa shape index (κ1) is 16.1. The number of aryl methyl sites for hydroxylation is 1. The Balaban J connectivity index is 1.61. The predicted octanol–water partition coefficient (Wildman–Crippen LogP) is 0.515. The number of hydrogen-bond donors (Lipinski definition) is 3. The van der Waals surface area contributed by atoms with Crippen LogP contribution in [0.15, 0.2) is 4.79 Å². The maximum atomic E-state index is 12.3. The first-order chi connectivity index (χ1) is 12.8. The molecule has 2 aromatic heterocycles. The summed E-state index contributed by atoms with van der Waals surface area (Å²) in [4.78, 5) is 18.5. The molecule has 2 aromatic rings. The van der Waals surface area contributed by atoms with Crippen LogP contribution in [0, 0.1) is 0 Å². The molecule has 1 aliphatic heterocycles. The normalized spacial score (nSPS) is 21.2. The summed E-state index contributed by atoms with van der Waals surface area (Å²) in [5, 5.41) is 7.62. The molecule has 2 aliphatic carbocycles. The molecule has 5 rings (SSSR count). The van der Waals surface area contributed by atoms with Gasteiger partial charge in [-0.2, -0.15) is 0 Å². The van der Waals surface area contributed by atoms with Gasteiger partial charge in [0.1, 0.15) is 0 Å². The van der Waals surface area contributed by atoms with Crippen LogP contribution in [0.3, 0.4) is 0 Å². The zero-order chi connectivity index (χ0) is 17.5. The Morgan fingerprint density at radius 1 is 1.04 bits per heavy atom. The number of hydrogen-bond acceptors (Lipinski definition) is 3. The predicted molar refractivity (Wildman–Crippen MR) is 100 cm³/mol. The monoisotopic (exact) mass is 354 g/mol. The molecule has 0 bridgehead atoms. The van der Waals surface area contributed by atoms with Crippen molar-refractivity contribution in [1.29, 1.82) is 0 Å². The first-order valence-electron chi connectivity index (χ1n) is 9.83. The minimum absolute atomic E-state index is 0.0238. The number of rotatable bonds is 3. The second kappa shape index (κ2) is 6.59. The molecule has 0 spiro atoms. The molecule has 138 valence electrons. The van der Waals surface area contributed by atoms with Crippen LogP contribution < -0.4 is 16.1 Å². The number of H-pyrrole nitrogens is 3. The molecular weight excluding hydrogens is 328 g/mol. The molecule has 0 aromatic carbocycles. The lowest BCUT2D eigenvalue weighted by molar-refractivity contribution is 0.0340. The summed E-state index contributed by atoms with van der Waals surface area (Å²) in [7, 11) is 0. The third-order valence-corrected chi connectivity index (χ3v) is 5.89. The van der Waals surface area contributed by atoms with Crippen LogP contribution in [0.2, 0.25) is 0 Å². The van der Waals surface area contributed by atoms with Crippen molar-refractivity contribution in [3.63, 3.8) is 0 Å². The van der Waals surface area contributed by atoms with Crippen LogP contribution in [-0.2, 0) is 24.1 Å². The Morgan fingerprint density at radius 2 is 1.85 bits per heavy atom. The molecule has 0 amide bonds. The smallest absolute Gasteiger partial charge is 0.271 e. The first-order valence-corrected chi connectivity index (χ1v) is 9.83. The van der Waals surface area contributed by atoms with Crippen LogP contribution >= 0.6 is 0 Å². The van der Waals surface area contributed by atoms with Crippen molar-refractivity contribution in [3.8, 4) is 0 Å². The van der Waals surface area contributed by atoms with E-state index in [-0.39, 0.29) is 5.56 Å². The minimum atomic E-state index is -0.0238. The van der Waals surface area contributed by atoms with E-state index in [1.807, 2.05) is 0 Å². The number of aromatic nitrogens is 3. The van der Waals surface area contributed by atoms with Gasteiger partial charge >= 0.3 is 0 Å². The molecular formula is C20H26N4O2. The Morgan fingerprint density at radius 3 is 2.65 bits per heavy atom.